The molecule has 1 aliphatic rings. The first-order chi connectivity index (χ1) is 11.0. The first kappa shape index (κ1) is 19.0. The van der Waals surface area contributed by atoms with E-state index in [1.54, 1.807) is 12.1 Å². The van der Waals surface area contributed by atoms with E-state index < -0.39 is 16.4 Å². The number of piperidine rings is 1. The Morgan fingerprint density at radius 2 is 1.75 bits per heavy atom. The molecular formula is C15H21F3N2O3S. The average Bonchev–Trinajstić information content (AvgIpc) is 2.45. The summed E-state index contributed by atoms with van der Waals surface area (Å²) in [5.74, 6) is -0.241. The van der Waals surface area contributed by atoms with Crippen LogP contribution >= 0.6 is 0 Å². The summed E-state index contributed by atoms with van der Waals surface area (Å²) in [5, 5.41) is 0. The molecule has 1 aromatic rings. The fourth-order valence-electron chi connectivity index (χ4n) is 2.87. The summed E-state index contributed by atoms with van der Waals surface area (Å²) < 4.78 is 65.5. The van der Waals surface area contributed by atoms with Crippen molar-refractivity contribution in [2.45, 2.75) is 38.2 Å². The Balaban J connectivity index is 1.92. The molecule has 5 nitrogen and oxygen atoms in total. The molecule has 0 aromatic heterocycles. The van der Waals surface area contributed by atoms with Gasteiger partial charge in [0.25, 0.3) is 0 Å². The summed E-state index contributed by atoms with van der Waals surface area (Å²) in [6, 6.07) is 5.81. The molecule has 9 heteroatoms. The van der Waals surface area contributed by atoms with Gasteiger partial charge >= 0.3 is 6.36 Å². The Labute approximate surface area is 139 Å². The quantitative estimate of drug-likeness (QED) is 0.870. The number of hydrogen-bond donors (Lipinski definition) is 1. The van der Waals surface area contributed by atoms with Gasteiger partial charge in [0.1, 0.15) is 5.75 Å². The van der Waals surface area contributed by atoms with Crippen molar-refractivity contribution in [2.75, 3.05) is 19.3 Å². The smallest absolute Gasteiger partial charge is 0.406 e. The molecule has 0 unspecified atom stereocenters. The van der Waals surface area contributed by atoms with Crippen molar-refractivity contribution in [1.82, 2.24) is 9.62 Å². The number of sulfonamides is 1. The van der Waals surface area contributed by atoms with Crippen LogP contribution in [0.1, 0.15) is 31.4 Å². The number of rotatable bonds is 5. The van der Waals surface area contributed by atoms with Crippen LogP contribution in [0, 0.1) is 0 Å². The summed E-state index contributed by atoms with van der Waals surface area (Å²) in [7, 11) is -3.21. The molecule has 1 atom stereocenters. The van der Waals surface area contributed by atoms with Crippen LogP contribution in [0.5, 0.6) is 5.75 Å². The number of likely N-dealkylation sites (tertiary alicyclic amines) is 1. The topological polar surface area (TPSA) is 58.6 Å². The average molecular weight is 366 g/mol. The monoisotopic (exact) mass is 366 g/mol. The number of benzene rings is 1. The molecule has 0 spiro atoms. The molecule has 1 fully saturated rings. The number of alkyl halides is 3. The van der Waals surface area contributed by atoms with Crippen molar-refractivity contribution >= 4 is 10.0 Å². The van der Waals surface area contributed by atoms with Crippen LogP contribution < -0.4 is 9.46 Å². The molecular weight excluding hydrogens is 345 g/mol. The van der Waals surface area contributed by atoms with Crippen LogP contribution in [0.4, 0.5) is 13.2 Å². The maximum absolute atomic E-state index is 12.2. The van der Waals surface area contributed by atoms with Gasteiger partial charge in [0.2, 0.25) is 10.0 Å². The third-order valence-corrected chi connectivity index (χ3v) is 4.82. The number of nitrogens with zero attached hydrogens (tertiary/aromatic N) is 1. The van der Waals surface area contributed by atoms with Crippen molar-refractivity contribution in [2.24, 2.45) is 0 Å². The fourth-order valence-corrected chi connectivity index (χ4v) is 3.71. The van der Waals surface area contributed by atoms with Gasteiger partial charge in [-0.1, -0.05) is 12.1 Å². The number of hydrogen-bond acceptors (Lipinski definition) is 4. The van der Waals surface area contributed by atoms with E-state index in [4.69, 9.17) is 0 Å². The zero-order valence-electron chi connectivity index (χ0n) is 13.5. The molecule has 1 saturated heterocycles. The molecule has 0 amide bonds. The Bertz CT molecular complexity index is 639. The summed E-state index contributed by atoms with van der Waals surface area (Å²) in [6.45, 7) is 3.41. The van der Waals surface area contributed by atoms with Gasteiger partial charge in [0.15, 0.2) is 0 Å². The van der Waals surface area contributed by atoms with Crippen LogP contribution in [0.3, 0.4) is 0 Å². The Morgan fingerprint density at radius 1 is 1.21 bits per heavy atom. The lowest BCUT2D eigenvalue weighted by atomic mass is 10.0. The Kier molecular flexibility index (Phi) is 5.77. The molecule has 1 heterocycles. The molecule has 2 rings (SSSR count). The van der Waals surface area contributed by atoms with Gasteiger partial charge in [-0.15, -0.1) is 13.2 Å². The number of nitrogens with one attached hydrogen (secondary N) is 1. The van der Waals surface area contributed by atoms with Gasteiger partial charge in [-0.05, 0) is 37.5 Å². The van der Waals surface area contributed by atoms with Gasteiger partial charge < -0.3 is 4.74 Å². The highest BCUT2D eigenvalue weighted by molar-refractivity contribution is 7.88. The molecule has 1 N–H and O–H groups in total. The van der Waals surface area contributed by atoms with E-state index >= 15 is 0 Å². The summed E-state index contributed by atoms with van der Waals surface area (Å²) in [5.41, 5.74) is 0.888. The van der Waals surface area contributed by atoms with Crippen molar-refractivity contribution < 1.29 is 26.3 Å². The van der Waals surface area contributed by atoms with Crippen molar-refractivity contribution in [1.29, 1.82) is 0 Å². The lowest BCUT2D eigenvalue weighted by molar-refractivity contribution is -0.274. The van der Waals surface area contributed by atoms with E-state index in [9.17, 15) is 21.6 Å². The fraction of sp³-hybridized carbons (Fsp3) is 0.600. The predicted molar refractivity (Wildman–Crippen MR) is 84.1 cm³/mol. The first-order valence-corrected chi connectivity index (χ1v) is 9.50. The molecule has 24 heavy (non-hydrogen) atoms. The molecule has 0 saturated carbocycles. The first-order valence-electron chi connectivity index (χ1n) is 7.60. The minimum atomic E-state index is -4.69. The third-order valence-electron chi connectivity index (χ3n) is 4.05. The highest BCUT2D eigenvalue weighted by atomic mass is 32.2. The number of ether oxygens (including phenoxy) is 1. The second kappa shape index (κ2) is 7.28. The normalized spacial score (nSPS) is 19.2. The molecule has 1 aromatic carbocycles. The molecule has 136 valence electrons. The van der Waals surface area contributed by atoms with E-state index in [0.29, 0.717) is 12.8 Å². The number of halogens is 3. The van der Waals surface area contributed by atoms with E-state index in [1.165, 1.54) is 12.1 Å². The lowest BCUT2D eigenvalue weighted by Gasteiger charge is -2.36. The summed E-state index contributed by atoms with van der Waals surface area (Å²) >= 11 is 0. The van der Waals surface area contributed by atoms with E-state index in [-0.39, 0.29) is 17.8 Å². The van der Waals surface area contributed by atoms with Crippen LogP contribution in [0.25, 0.3) is 0 Å². The summed E-state index contributed by atoms with van der Waals surface area (Å²) in [6.07, 6.45) is -2.15. The van der Waals surface area contributed by atoms with Gasteiger partial charge in [-0.2, -0.15) is 0 Å². The zero-order valence-corrected chi connectivity index (χ0v) is 14.3. The Hall–Kier alpha value is -1.32. The van der Waals surface area contributed by atoms with Crippen LogP contribution in [-0.2, 0) is 10.0 Å². The maximum atomic E-state index is 12.2. The SMILES string of the molecule is C[C@@H](c1ccc(OC(F)(F)F)cc1)N1CCC(NS(C)(=O)=O)CC1. The molecule has 0 aliphatic carbocycles. The van der Waals surface area contributed by atoms with E-state index in [1.807, 2.05) is 6.92 Å². The van der Waals surface area contributed by atoms with E-state index in [0.717, 1.165) is 24.9 Å². The largest absolute Gasteiger partial charge is 0.573 e. The van der Waals surface area contributed by atoms with Gasteiger partial charge in [0.05, 0.1) is 6.26 Å². The third kappa shape index (κ3) is 5.95. The maximum Gasteiger partial charge on any atom is 0.573 e. The second-order valence-corrected chi connectivity index (χ2v) is 7.77. The highest BCUT2D eigenvalue weighted by Gasteiger charge is 2.31. The minimum absolute atomic E-state index is 0.0316. The molecule has 0 bridgehead atoms. The standard InChI is InChI=1S/C15H21F3N2O3S/c1-11(12-3-5-14(6-4-12)23-15(16,17)18)20-9-7-13(8-10-20)19-24(2,21)22/h3-6,11,13,19H,7-10H2,1-2H3/t11-/m0/s1. The Morgan fingerprint density at radius 3 is 2.21 bits per heavy atom. The zero-order chi connectivity index (χ0) is 18.0. The van der Waals surface area contributed by atoms with Crippen LogP contribution in [-0.4, -0.2) is 45.1 Å². The van der Waals surface area contributed by atoms with Crippen molar-refractivity contribution in [3.63, 3.8) is 0 Å². The van der Waals surface area contributed by atoms with Gasteiger partial charge in [0, 0.05) is 25.2 Å². The van der Waals surface area contributed by atoms with Crippen molar-refractivity contribution in [3.8, 4) is 5.75 Å². The van der Waals surface area contributed by atoms with E-state index in [2.05, 4.69) is 14.4 Å². The summed E-state index contributed by atoms with van der Waals surface area (Å²) in [4.78, 5) is 2.18. The van der Waals surface area contributed by atoms with Crippen LogP contribution in [0.15, 0.2) is 24.3 Å². The highest BCUT2D eigenvalue weighted by Crippen LogP contribution is 2.28. The lowest BCUT2D eigenvalue weighted by Crippen LogP contribution is -2.44. The second-order valence-electron chi connectivity index (χ2n) is 5.99. The molecule has 1 aliphatic heterocycles. The molecule has 0 radical (unpaired) electrons. The van der Waals surface area contributed by atoms with Gasteiger partial charge in [-0.3, -0.25) is 4.90 Å². The minimum Gasteiger partial charge on any atom is -0.406 e. The van der Waals surface area contributed by atoms with Crippen LogP contribution in [0.2, 0.25) is 0 Å². The van der Waals surface area contributed by atoms with Gasteiger partial charge in [-0.25, -0.2) is 13.1 Å². The van der Waals surface area contributed by atoms with Crippen molar-refractivity contribution in [3.05, 3.63) is 29.8 Å². The predicted octanol–water partition coefficient (Wildman–Crippen LogP) is 2.66.